The van der Waals surface area contributed by atoms with Crippen molar-refractivity contribution in [3.8, 4) is 11.1 Å². The zero-order chi connectivity index (χ0) is 27.1. The molecule has 1 amide bonds. The molecule has 1 aliphatic carbocycles. The van der Waals surface area contributed by atoms with Crippen LogP contribution in [-0.4, -0.2) is 58.5 Å². The summed E-state index contributed by atoms with van der Waals surface area (Å²) in [5, 5.41) is 16.5. The Bertz CT molecular complexity index is 1570. The summed E-state index contributed by atoms with van der Waals surface area (Å²) >= 11 is 6.47. The predicted molar refractivity (Wildman–Crippen MR) is 153 cm³/mol. The molecule has 3 aromatic carbocycles. The fourth-order valence-corrected chi connectivity index (χ4v) is 6.32. The number of amides is 1. The molecular weight excluding hydrogens is 514 g/mol. The number of aromatic nitrogens is 2. The number of halogens is 1. The molecule has 8 nitrogen and oxygen atoms in total. The molecule has 1 unspecified atom stereocenters. The first-order valence-corrected chi connectivity index (χ1v) is 13.7. The number of benzene rings is 3. The lowest BCUT2D eigenvalue weighted by atomic mass is 9.95. The third-order valence-corrected chi connectivity index (χ3v) is 8.19. The summed E-state index contributed by atoms with van der Waals surface area (Å²) < 4.78 is 1.58. The molecule has 0 radical (unpaired) electrons. The van der Waals surface area contributed by atoms with Gasteiger partial charge >= 0.3 is 6.09 Å². The van der Waals surface area contributed by atoms with Crippen molar-refractivity contribution in [2.75, 3.05) is 37.7 Å². The molecule has 9 heteroatoms. The van der Waals surface area contributed by atoms with Crippen molar-refractivity contribution in [3.63, 3.8) is 0 Å². The van der Waals surface area contributed by atoms with Crippen LogP contribution in [0.2, 0.25) is 5.02 Å². The second kappa shape index (κ2) is 10.4. The zero-order valence-corrected chi connectivity index (χ0v) is 22.4. The second-order valence-corrected chi connectivity index (χ2v) is 10.4. The van der Waals surface area contributed by atoms with Gasteiger partial charge in [0.05, 0.1) is 22.0 Å². The first kappa shape index (κ1) is 25.4. The van der Waals surface area contributed by atoms with E-state index in [0.717, 1.165) is 22.3 Å². The molecule has 1 saturated heterocycles. The van der Waals surface area contributed by atoms with Gasteiger partial charge in [0.25, 0.3) is 5.56 Å². The molecule has 2 N–H and O–H groups in total. The van der Waals surface area contributed by atoms with Gasteiger partial charge in [-0.3, -0.25) is 9.69 Å². The number of carboxylic acid groups (broad SMARTS) is 1. The van der Waals surface area contributed by atoms with Gasteiger partial charge in [-0.1, -0.05) is 73.1 Å². The maximum Gasteiger partial charge on any atom is 0.407 e. The van der Waals surface area contributed by atoms with Gasteiger partial charge in [-0.05, 0) is 40.8 Å². The topological polar surface area (TPSA) is 90.7 Å². The second-order valence-electron chi connectivity index (χ2n) is 10.0. The molecule has 0 bridgehead atoms. The van der Waals surface area contributed by atoms with Crippen LogP contribution in [0.5, 0.6) is 0 Å². The minimum absolute atomic E-state index is 0.128. The van der Waals surface area contributed by atoms with Crippen molar-refractivity contribution in [2.24, 2.45) is 0 Å². The highest BCUT2D eigenvalue weighted by Crippen LogP contribution is 2.45. The Kier molecular flexibility index (Phi) is 6.74. The average molecular weight is 544 g/mol. The van der Waals surface area contributed by atoms with E-state index in [1.54, 1.807) is 22.9 Å². The number of nitrogens with one attached hydrogen (secondary N) is 1. The minimum Gasteiger partial charge on any atom is -0.465 e. The van der Waals surface area contributed by atoms with Crippen molar-refractivity contribution in [2.45, 2.75) is 25.3 Å². The van der Waals surface area contributed by atoms with E-state index < -0.39 is 12.1 Å². The monoisotopic (exact) mass is 543 g/mol. The van der Waals surface area contributed by atoms with Crippen LogP contribution in [0.4, 0.5) is 4.79 Å². The van der Waals surface area contributed by atoms with E-state index in [2.05, 4.69) is 29.6 Å². The molecule has 6 rings (SSSR count). The summed E-state index contributed by atoms with van der Waals surface area (Å²) in [7, 11) is 0. The lowest BCUT2D eigenvalue weighted by Crippen LogP contribution is -2.55. The van der Waals surface area contributed by atoms with Gasteiger partial charge in [0.2, 0.25) is 0 Å². The fourth-order valence-electron chi connectivity index (χ4n) is 6.07. The number of piperazine rings is 1. The van der Waals surface area contributed by atoms with E-state index in [4.69, 9.17) is 16.6 Å². The summed E-state index contributed by atoms with van der Waals surface area (Å²) in [5.41, 5.74) is 4.67. The molecule has 1 aromatic heterocycles. The SMILES string of the molecule is CCC(c1nc2cccc(Cl)c2c(=O)n1N1CCNCC1)N(CC1c2ccccc2-c2ccccc21)C(=O)O. The fraction of sp³-hybridized carbons (Fsp3) is 0.300. The average Bonchev–Trinajstić information content (AvgIpc) is 3.27. The quantitative estimate of drug-likeness (QED) is 0.362. The van der Waals surface area contributed by atoms with Gasteiger partial charge in [-0.25, -0.2) is 14.5 Å². The summed E-state index contributed by atoms with van der Waals surface area (Å²) in [4.78, 5) is 33.3. The summed E-state index contributed by atoms with van der Waals surface area (Å²) in [6.07, 6.45) is -0.594. The highest BCUT2D eigenvalue weighted by atomic mass is 35.5. The van der Waals surface area contributed by atoms with E-state index in [1.807, 2.05) is 36.2 Å². The third kappa shape index (κ3) is 4.33. The lowest BCUT2D eigenvalue weighted by molar-refractivity contribution is 0.116. The molecule has 39 heavy (non-hydrogen) atoms. The molecule has 200 valence electrons. The van der Waals surface area contributed by atoms with E-state index in [9.17, 15) is 14.7 Å². The maximum absolute atomic E-state index is 14.0. The van der Waals surface area contributed by atoms with Gasteiger partial charge < -0.3 is 15.4 Å². The highest BCUT2D eigenvalue weighted by molar-refractivity contribution is 6.35. The van der Waals surface area contributed by atoms with Gasteiger partial charge in [0.15, 0.2) is 5.82 Å². The van der Waals surface area contributed by atoms with Gasteiger partial charge in [0.1, 0.15) is 0 Å². The largest absolute Gasteiger partial charge is 0.465 e. The molecule has 1 atom stereocenters. The van der Waals surface area contributed by atoms with Crippen molar-refractivity contribution >= 4 is 28.6 Å². The van der Waals surface area contributed by atoms with Crippen LogP contribution in [0.1, 0.15) is 42.3 Å². The van der Waals surface area contributed by atoms with Crippen LogP contribution in [0.15, 0.2) is 71.5 Å². The van der Waals surface area contributed by atoms with Gasteiger partial charge in [-0.15, -0.1) is 0 Å². The normalized spacial score (nSPS) is 15.7. The van der Waals surface area contributed by atoms with E-state index in [0.29, 0.717) is 54.3 Å². The number of carbonyl (C=O) groups is 1. The van der Waals surface area contributed by atoms with Crippen molar-refractivity contribution in [1.29, 1.82) is 0 Å². The summed E-state index contributed by atoms with van der Waals surface area (Å²) in [5.74, 6) is 0.290. The number of fused-ring (bicyclic) bond motifs is 4. The lowest BCUT2D eigenvalue weighted by Gasteiger charge is -2.37. The number of hydrogen-bond acceptors (Lipinski definition) is 5. The van der Waals surface area contributed by atoms with E-state index in [-0.39, 0.29) is 18.0 Å². The van der Waals surface area contributed by atoms with Gasteiger partial charge in [-0.2, -0.15) is 0 Å². The van der Waals surface area contributed by atoms with Crippen molar-refractivity contribution in [1.82, 2.24) is 19.9 Å². The standard InChI is InChI=1S/C30H30ClN5O3/c1-2-26(28-33-25-13-7-12-24(31)27(25)29(37)36(28)34-16-14-32-15-17-34)35(30(38)39)18-23-21-10-5-3-8-19(21)20-9-4-6-11-22(20)23/h3-13,23,26,32H,2,14-18H2,1H3,(H,38,39). The van der Waals surface area contributed by atoms with Crippen molar-refractivity contribution < 1.29 is 9.90 Å². The molecule has 2 aliphatic rings. The number of rotatable bonds is 6. The van der Waals surface area contributed by atoms with Crippen LogP contribution in [0.25, 0.3) is 22.0 Å². The third-order valence-electron chi connectivity index (χ3n) is 7.87. The summed E-state index contributed by atoms with van der Waals surface area (Å²) in [6.45, 7) is 4.79. The highest BCUT2D eigenvalue weighted by Gasteiger charge is 2.36. The number of nitrogens with zero attached hydrogens (tertiary/aromatic N) is 4. The van der Waals surface area contributed by atoms with Crippen molar-refractivity contribution in [3.05, 3.63) is 99.1 Å². The first-order valence-electron chi connectivity index (χ1n) is 13.3. The molecule has 1 fully saturated rings. The predicted octanol–water partition coefficient (Wildman–Crippen LogP) is 4.83. The van der Waals surface area contributed by atoms with E-state index >= 15 is 0 Å². The Balaban J connectivity index is 1.49. The van der Waals surface area contributed by atoms with Crippen LogP contribution in [0, 0.1) is 0 Å². The van der Waals surface area contributed by atoms with Crippen LogP contribution >= 0.6 is 11.6 Å². The Morgan fingerprint density at radius 1 is 1.05 bits per heavy atom. The molecule has 4 aromatic rings. The van der Waals surface area contributed by atoms with Crippen LogP contribution in [0.3, 0.4) is 0 Å². The summed E-state index contributed by atoms with van der Waals surface area (Å²) in [6, 6.07) is 20.9. The Labute approximate surface area is 231 Å². The van der Waals surface area contributed by atoms with Gasteiger partial charge in [0, 0.05) is 38.6 Å². The molecule has 0 spiro atoms. The van der Waals surface area contributed by atoms with E-state index in [1.165, 1.54) is 4.90 Å². The molecule has 1 aliphatic heterocycles. The van der Waals surface area contributed by atoms with Crippen LogP contribution in [-0.2, 0) is 0 Å². The molecule has 0 saturated carbocycles. The Morgan fingerprint density at radius 2 is 1.69 bits per heavy atom. The smallest absolute Gasteiger partial charge is 0.407 e. The molecular formula is C30H30ClN5O3. The Morgan fingerprint density at radius 3 is 2.31 bits per heavy atom. The maximum atomic E-state index is 14.0. The minimum atomic E-state index is -1.05. The number of hydrogen-bond donors (Lipinski definition) is 2. The zero-order valence-electron chi connectivity index (χ0n) is 21.7. The van der Waals surface area contributed by atoms with Crippen LogP contribution < -0.4 is 15.9 Å². The first-order chi connectivity index (χ1) is 19.0. The Hall–Kier alpha value is -3.88. The molecule has 2 heterocycles.